The van der Waals surface area contributed by atoms with Gasteiger partial charge in [-0.25, -0.2) is 0 Å². The summed E-state index contributed by atoms with van der Waals surface area (Å²) < 4.78 is 5.49. The average Bonchev–Trinajstić information content (AvgIpc) is 2.93. The number of nitrogens with two attached hydrogens (primary N) is 1. The number of hydrogen-bond acceptors (Lipinski definition) is 5. The molecule has 2 heterocycles. The van der Waals surface area contributed by atoms with Crippen LogP contribution < -0.4 is 11.1 Å². The van der Waals surface area contributed by atoms with Gasteiger partial charge in [0, 0.05) is 11.4 Å². The molecule has 1 aliphatic heterocycles. The van der Waals surface area contributed by atoms with E-state index < -0.39 is 0 Å². The number of anilines is 1. The number of rotatable bonds is 2. The Bertz CT molecular complexity index is 976. The Morgan fingerprint density at radius 3 is 2.75 bits per heavy atom. The molecule has 1 spiro atoms. The highest BCUT2D eigenvalue weighted by atomic mass is 32.2. The van der Waals surface area contributed by atoms with Crippen LogP contribution in [0.3, 0.4) is 0 Å². The monoisotopic (exact) mass is 397 g/mol. The van der Waals surface area contributed by atoms with Crippen LogP contribution >= 0.6 is 11.8 Å². The maximum Gasteiger partial charge on any atom is 0.259 e. The van der Waals surface area contributed by atoms with E-state index in [4.69, 9.17) is 15.1 Å². The lowest BCUT2D eigenvalue weighted by atomic mass is 9.64. The summed E-state index contributed by atoms with van der Waals surface area (Å²) in [6.07, 6.45) is 2.93. The molecule has 1 amide bonds. The van der Waals surface area contributed by atoms with Gasteiger partial charge in [0.15, 0.2) is 5.17 Å². The molecule has 3 N–H and O–H groups in total. The van der Waals surface area contributed by atoms with Crippen LogP contribution in [0.15, 0.2) is 33.7 Å². The van der Waals surface area contributed by atoms with E-state index in [0.717, 1.165) is 36.5 Å². The van der Waals surface area contributed by atoms with E-state index in [-0.39, 0.29) is 16.9 Å². The van der Waals surface area contributed by atoms with E-state index in [1.807, 2.05) is 19.9 Å². The zero-order valence-electron chi connectivity index (χ0n) is 16.9. The Labute approximate surface area is 170 Å². The molecule has 1 aromatic carbocycles. The van der Waals surface area contributed by atoms with Crippen molar-refractivity contribution >= 4 is 28.5 Å². The van der Waals surface area contributed by atoms with Crippen molar-refractivity contribution in [3.63, 3.8) is 0 Å². The SMILES string of the molecule is Cc1cc(C(=O)Nc2ccc3c(c2)C2(CCSC(N)=N2)CC(C)(C)C3)c(C)o1. The van der Waals surface area contributed by atoms with Gasteiger partial charge < -0.3 is 15.5 Å². The quantitative estimate of drug-likeness (QED) is 0.765. The van der Waals surface area contributed by atoms with Gasteiger partial charge in [-0.2, -0.15) is 0 Å². The maximum atomic E-state index is 12.7. The predicted molar refractivity (Wildman–Crippen MR) is 115 cm³/mol. The van der Waals surface area contributed by atoms with Crippen molar-refractivity contribution in [3.8, 4) is 0 Å². The maximum absolute atomic E-state index is 12.7. The molecular weight excluding hydrogens is 370 g/mol. The molecule has 1 aromatic heterocycles. The molecular formula is C22H27N3O2S. The number of nitrogens with zero attached hydrogens (tertiary/aromatic N) is 1. The Kier molecular flexibility index (Phi) is 4.57. The molecule has 148 valence electrons. The highest BCUT2D eigenvalue weighted by Crippen LogP contribution is 2.51. The minimum Gasteiger partial charge on any atom is -0.466 e. The minimum absolute atomic E-state index is 0.151. The van der Waals surface area contributed by atoms with Crippen LogP contribution in [0.2, 0.25) is 0 Å². The molecule has 1 unspecified atom stereocenters. The third-order valence-corrected chi connectivity index (χ3v) is 6.48. The normalized spacial score (nSPS) is 23.2. The van der Waals surface area contributed by atoms with Crippen molar-refractivity contribution in [3.05, 3.63) is 52.5 Å². The molecule has 2 aliphatic rings. The van der Waals surface area contributed by atoms with Gasteiger partial charge in [0.1, 0.15) is 11.5 Å². The third-order valence-electron chi connectivity index (χ3n) is 5.68. The molecule has 0 saturated carbocycles. The van der Waals surface area contributed by atoms with E-state index >= 15 is 0 Å². The number of carbonyl (C=O) groups is 1. The molecule has 6 heteroatoms. The van der Waals surface area contributed by atoms with Gasteiger partial charge in [0.05, 0.1) is 11.1 Å². The van der Waals surface area contributed by atoms with Crippen molar-refractivity contribution in [1.82, 2.24) is 0 Å². The number of aryl methyl sites for hydroxylation is 2. The summed E-state index contributed by atoms with van der Waals surface area (Å²) in [5.41, 5.74) is 9.86. The van der Waals surface area contributed by atoms with E-state index in [0.29, 0.717) is 16.5 Å². The molecule has 1 atom stereocenters. The first-order valence-corrected chi connectivity index (χ1v) is 10.7. The smallest absolute Gasteiger partial charge is 0.259 e. The van der Waals surface area contributed by atoms with Gasteiger partial charge in [-0.05, 0) is 67.9 Å². The number of amidine groups is 1. The second-order valence-corrected chi connectivity index (χ2v) is 9.87. The molecule has 0 bridgehead atoms. The number of fused-ring (bicyclic) bond motifs is 2. The molecule has 1 aliphatic carbocycles. The summed E-state index contributed by atoms with van der Waals surface area (Å²) >= 11 is 1.62. The zero-order valence-corrected chi connectivity index (χ0v) is 17.7. The largest absolute Gasteiger partial charge is 0.466 e. The van der Waals surface area contributed by atoms with E-state index in [1.54, 1.807) is 17.8 Å². The zero-order chi connectivity index (χ0) is 20.1. The fourth-order valence-corrected chi connectivity index (χ4v) is 5.60. The highest BCUT2D eigenvalue weighted by molar-refractivity contribution is 8.13. The van der Waals surface area contributed by atoms with E-state index in [9.17, 15) is 4.79 Å². The first-order chi connectivity index (χ1) is 13.2. The second kappa shape index (κ2) is 6.69. The molecule has 0 saturated heterocycles. The van der Waals surface area contributed by atoms with E-state index in [2.05, 4.69) is 31.3 Å². The molecule has 0 radical (unpaired) electrons. The van der Waals surface area contributed by atoms with Crippen molar-refractivity contribution in [2.75, 3.05) is 11.1 Å². The lowest BCUT2D eigenvalue weighted by molar-refractivity contribution is 0.102. The van der Waals surface area contributed by atoms with Crippen molar-refractivity contribution in [2.45, 2.75) is 52.5 Å². The van der Waals surface area contributed by atoms with Crippen LogP contribution in [-0.2, 0) is 12.0 Å². The summed E-state index contributed by atoms with van der Waals surface area (Å²) in [5, 5.41) is 3.69. The van der Waals surface area contributed by atoms with Crippen molar-refractivity contribution in [2.24, 2.45) is 16.1 Å². The Balaban J connectivity index is 1.71. The lowest BCUT2D eigenvalue weighted by Gasteiger charge is -2.45. The predicted octanol–water partition coefficient (Wildman–Crippen LogP) is 4.77. The topological polar surface area (TPSA) is 80.6 Å². The summed E-state index contributed by atoms with van der Waals surface area (Å²) in [6, 6.07) is 7.99. The van der Waals surface area contributed by atoms with Crippen molar-refractivity contribution in [1.29, 1.82) is 0 Å². The Morgan fingerprint density at radius 1 is 1.29 bits per heavy atom. The number of carbonyl (C=O) groups excluding carboxylic acids is 1. The molecule has 0 fully saturated rings. The van der Waals surface area contributed by atoms with Gasteiger partial charge >= 0.3 is 0 Å². The van der Waals surface area contributed by atoms with Crippen LogP contribution in [0.25, 0.3) is 0 Å². The molecule has 2 aromatic rings. The number of aliphatic imine (C=N–C) groups is 1. The number of hydrogen-bond donors (Lipinski definition) is 2. The van der Waals surface area contributed by atoms with Gasteiger partial charge in [-0.3, -0.25) is 9.79 Å². The number of nitrogens with one attached hydrogen (secondary N) is 1. The number of benzene rings is 1. The Hall–Kier alpha value is -2.21. The number of amides is 1. The van der Waals surface area contributed by atoms with Crippen LogP contribution in [0.1, 0.15) is 59.7 Å². The minimum atomic E-state index is -0.296. The molecule has 4 rings (SSSR count). The van der Waals surface area contributed by atoms with Gasteiger partial charge in [0.25, 0.3) is 5.91 Å². The first-order valence-electron chi connectivity index (χ1n) is 9.67. The van der Waals surface area contributed by atoms with Gasteiger partial charge in [-0.1, -0.05) is 31.7 Å². The standard InChI is InChI=1S/C22H27N3O2S/c1-13-9-17(14(2)27-13)19(26)24-16-6-5-15-11-21(3,4)12-22(18(15)10-16)7-8-28-20(23)25-22/h5-6,9-10H,7-8,11-12H2,1-4H3,(H2,23,25)(H,24,26). The van der Waals surface area contributed by atoms with Crippen LogP contribution in [0.4, 0.5) is 5.69 Å². The molecule has 28 heavy (non-hydrogen) atoms. The van der Waals surface area contributed by atoms with Crippen molar-refractivity contribution < 1.29 is 9.21 Å². The fourth-order valence-electron chi connectivity index (χ4n) is 4.71. The van der Waals surface area contributed by atoms with Crippen LogP contribution in [-0.4, -0.2) is 16.8 Å². The van der Waals surface area contributed by atoms with Crippen LogP contribution in [0, 0.1) is 19.3 Å². The fraction of sp³-hybridized carbons (Fsp3) is 0.455. The third kappa shape index (κ3) is 3.46. The summed E-state index contributed by atoms with van der Waals surface area (Å²) in [7, 11) is 0. The number of furan rings is 1. The Morgan fingerprint density at radius 2 is 2.07 bits per heavy atom. The number of thioether (sulfide) groups is 1. The van der Waals surface area contributed by atoms with Gasteiger partial charge in [0.2, 0.25) is 0 Å². The summed E-state index contributed by atoms with van der Waals surface area (Å²) in [5.74, 6) is 2.18. The molecule has 5 nitrogen and oxygen atoms in total. The average molecular weight is 398 g/mol. The van der Waals surface area contributed by atoms with Crippen LogP contribution in [0.5, 0.6) is 0 Å². The highest BCUT2D eigenvalue weighted by Gasteiger charge is 2.45. The first kappa shape index (κ1) is 19.1. The van der Waals surface area contributed by atoms with E-state index in [1.165, 1.54) is 11.1 Å². The second-order valence-electron chi connectivity index (χ2n) is 8.75. The summed E-state index contributed by atoms with van der Waals surface area (Å²) in [4.78, 5) is 17.7. The lowest BCUT2D eigenvalue weighted by Crippen LogP contribution is -2.41. The summed E-state index contributed by atoms with van der Waals surface area (Å²) in [6.45, 7) is 8.25. The van der Waals surface area contributed by atoms with Gasteiger partial charge in [-0.15, -0.1) is 0 Å².